The van der Waals surface area contributed by atoms with E-state index in [9.17, 15) is 9.90 Å². The molecule has 0 saturated heterocycles. The summed E-state index contributed by atoms with van der Waals surface area (Å²) >= 11 is 0. The van der Waals surface area contributed by atoms with Crippen LogP contribution in [-0.2, 0) is 17.8 Å². The van der Waals surface area contributed by atoms with Crippen molar-refractivity contribution in [2.75, 3.05) is 6.61 Å². The lowest BCUT2D eigenvalue weighted by atomic mass is 10.1. The number of nitrogens with one attached hydrogen (secondary N) is 1. The fraction of sp³-hybridized carbons (Fsp3) is 0.333. The first-order valence-corrected chi connectivity index (χ1v) is 6.69. The predicted octanol–water partition coefficient (Wildman–Crippen LogP) is 0.993. The minimum atomic E-state index is -0.248. The van der Waals surface area contributed by atoms with E-state index in [4.69, 9.17) is 0 Å². The van der Waals surface area contributed by atoms with Crippen molar-refractivity contribution in [3.8, 4) is 0 Å². The zero-order valence-corrected chi connectivity index (χ0v) is 11.3. The highest BCUT2D eigenvalue weighted by atomic mass is 16.3. The Labute approximate surface area is 118 Å². The van der Waals surface area contributed by atoms with Crippen molar-refractivity contribution in [2.24, 2.45) is 0 Å². The van der Waals surface area contributed by atoms with Crippen LogP contribution in [0.25, 0.3) is 0 Å². The van der Waals surface area contributed by atoms with Crippen LogP contribution in [0, 0.1) is 0 Å². The molecule has 5 nitrogen and oxygen atoms in total. The number of benzene rings is 1. The molecule has 0 aliphatic carbocycles. The molecule has 0 fully saturated rings. The van der Waals surface area contributed by atoms with Gasteiger partial charge in [0.2, 0.25) is 5.91 Å². The third-order valence-corrected chi connectivity index (χ3v) is 3.04. The van der Waals surface area contributed by atoms with E-state index in [-0.39, 0.29) is 18.6 Å². The second-order valence-electron chi connectivity index (χ2n) is 4.66. The highest BCUT2D eigenvalue weighted by molar-refractivity contribution is 5.76. The standard InChI is InChI=1S/C15H19N3O2/c19-12-14(11-13-5-2-1-3-6-13)17-15(20)7-10-18-9-4-8-16-18/h1-6,8-9,14,19H,7,10-12H2,(H,17,20)/t14-/m1/s1. The van der Waals surface area contributed by atoms with Crippen LogP contribution < -0.4 is 5.32 Å². The molecule has 0 saturated carbocycles. The zero-order valence-electron chi connectivity index (χ0n) is 11.3. The van der Waals surface area contributed by atoms with Crippen molar-refractivity contribution in [1.29, 1.82) is 0 Å². The molecule has 5 heteroatoms. The van der Waals surface area contributed by atoms with Crippen molar-refractivity contribution in [3.05, 3.63) is 54.4 Å². The quantitative estimate of drug-likeness (QED) is 0.790. The lowest BCUT2D eigenvalue weighted by Gasteiger charge is -2.16. The predicted molar refractivity (Wildman–Crippen MR) is 76.0 cm³/mol. The van der Waals surface area contributed by atoms with Crippen molar-refractivity contribution in [2.45, 2.75) is 25.4 Å². The Morgan fingerprint density at radius 2 is 2.10 bits per heavy atom. The number of amides is 1. The van der Waals surface area contributed by atoms with E-state index in [0.29, 0.717) is 19.4 Å². The number of aryl methyl sites for hydroxylation is 1. The lowest BCUT2D eigenvalue weighted by Crippen LogP contribution is -2.39. The Morgan fingerprint density at radius 1 is 1.30 bits per heavy atom. The van der Waals surface area contributed by atoms with E-state index >= 15 is 0 Å². The van der Waals surface area contributed by atoms with Crippen LogP contribution in [0.5, 0.6) is 0 Å². The SMILES string of the molecule is O=C(CCn1cccn1)N[C@@H](CO)Cc1ccccc1. The first-order chi connectivity index (χ1) is 9.78. The molecule has 2 rings (SSSR count). The topological polar surface area (TPSA) is 67.2 Å². The van der Waals surface area contributed by atoms with Gasteiger partial charge in [-0.25, -0.2) is 0 Å². The summed E-state index contributed by atoms with van der Waals surface area (Å²) in [5, 5.41) is 16.2. The van der Waals surface area contributed by atoms with Gasteiger partial charge in [-0.15, -0.1) is 0 Å². The van der Waals surface area contributed by atoms with Gasteiger partial charge in [-0.3, -0.25) is 9.48 Å². The minimum Gasteiger partial charge on any atom is -0.394 e. The van der Waals surface area contributed by atoms with E-state index in [2.05, 4.69) is 10.4 Å². The number of nitrogens with zero attached hydrogens (tertiary/aromatic N) is 2. The summed E-state index contributed by atoms with van der Waals surface area (Å²) in [5.74, 6) is -0.0736. The van der Waals surface area contributed by atoms with Gasteiger partial charge in [-0.05, 0) is 18.1 Å². The summed E-state index contributed by atoms with van der Waals surface area (Å²) in [7, 11) is 0. The van der Waals surface area contributed by atoms with Crippen LogP contribution in [0.1, 0.15) is 12.0 Å². The van der Waals surface area contributed by atoms with E-state index in [0.717, 1.165) is 5.56 Å². The van der Waals surface area contributed by atoms with Gasteiger partial charge in [0.25, 0.3) is 0 Å². The second-order valence-corrected chi connectivity index (χ2v) is 4.66. The maximum atomic E-state index is 11.8. The maximum absolute atomic E-state index is 11.8. The third kappa shape index (κ3) is 4.51. The Balaban J connectivity index is 1.79. The number of aromatic nitrogens is 2. The summed E-state index contributed by atoms with van der Waals surface area (Å²) in [6.07, 6.45) is 4.49. The normalized spacial score (nSPS) is 12.1. The largest absolute Gasteiger partial charge is 0.394 e. The minimum absolute atomic E-state index is 0.0671. The highest BCUT2D eigenvalue weighted by Gasteiger charge is 2.12. The van der Waals surface area contributed by atoms with Gasteiger partial charge in [-0.1, -0.05) is 30.3 Å². The fourth-order valence-corrected chi connectivity index (χ4v) is 2.01. The molecule has 1 atom stereocenters. The van der Waals surface area contributed by atoms with Gasteiger partial charge in [-0.2, -0.15) is 5.10 Å². The lowest BCUT2D eigenvalue weighted by molar-refractivity contribution is -0.122. The molecular formula is C15H19N3O2. The van der Waals surface area contributed by atoms with Crippen LogP contribution in [0.2, 0.25) is 0 Å². The zero-order chi connectivity index (χ0) is 14.2. The molecule has 0 aliphatic heterocycles. The second kappa shape index (κ2) is 7.45. The van der Waals surface area contributed by atoms with Crippen LogP contribution in [0.15, 0.2) is 48.8 Å². The first-order valence-electron chi connectivity index (χ1n) is 6.69. The van der Waals surface area contributed by atoms with Crippen molar-refractivity contribution >= 4 is 5.91 Å². The Morgan fingerprint density at radius 3 is 2.75 bits per heavy atom. The average molecular weight is 273 g/mol. The van der Waals surface area contributed by atoms with Crippen molar-refractivity contribution in [3.63, 3.8) is 0 Å². The Kier molecular flexibility index (Phi) is 5.32. The summed E-state index contributed by atoms with van der Waals surface area (Å²) < 4.78 is 1.71. The smallest absolute Gasteiger partial charge is 0.222 e. The number of carbonyl (C=O) groups excluding carboxylic acids is 1. The molecule has 2 aromatic rings. The summed E-state index contributed by atoms with van der Waals surface area (Å²) in [6, 6.07) is 11.4. The van der Waals surface area contributed by atoms with Gasteiger partial charge in [0, 0.05) is 25.4 Å². The molecule has 1 heterocycles. The van der Waals surface area contributed by atoms with Crippen LogP contribution in [0.4, 0.5) is 0 Å². The van der Waals surface area contributed by atoms with E-state index < -0.39 is 0 Å². The van der Waals surface area contributed by atoms with Crippen molar-refractivity contribution < 1.29 is 9.90 Å². The number of carbonyl (C=O) groups is 1. The molecule has 0 bridgehead atoms. The van der Waals surface area contributed by atoms with E-state index in [1.807, 2.05) is 42.6 Å². The Hall–Kier alpha value is -2.14. The summed E-state index contributed by atoms with van der Waals surface area (Å²) in [4.78, 5) is 11.8. The van der Waals surface area contributed by atoms with Crippen LogP contribution >= 0.6 is 0 Å². The number of rotatable bonds is 7. The van der Waals surface area contributed by atoms with Crippen molar-refractivity contribution in [1.82, 2.24) is 15.1 Å². The molecule has 1 aromatic carbocycles. The molecule has 0 spiro atoms. The van der Waals surface area contributed by atoms with Gasteiger partial charge >= 0.3 is 0 Å². The summed E-state index contributed by atoms with van der Waals surface area (Å²) in [6.45, 7) is 0.477. The number of hydrogen-bond acceptors (Lipinski definition) is 3. The molecule has 20 heavy (non-hydrogen) atoms. The molecule has 2 N–H and O–H groups in total. The molecule has 1 amide bonds. The third-order valence-electron chi connectivity index (χ3n) is 3.04. The first kappa shape index (κ1) is 14.3. The van der Waals surface area contributed by atoms with Gasteiger partial charge in [0.05, 0.1) is 12.6 Å². The fourth-order valence-electron chi connectivity index (χ4n) is 2.01. The number of aliphatic hydroxyl groups excluding tert-OH is 1. The van der Waals surface area contributed by atoms with Crippen LogP contribution in [0.3, 0.4) is 0 Å². The van der Waals surface area contributed by atoms with E-state index in [1.54, 1.807) is 10.9 Å². The summed E-state index contributed by atoms with van der Waals surface area (Å²) in [5.41, 5.74) is 1.10. The maximum Gasteiger partial charge on any atom is 0.222 e. The van der Waals surface area contributed by atoms with Gasteiger partial charge < -0.3 is 10.4 Å². The monoisotopic (exact) mass is 273 g/mol. The molecule has 0 aliphatic rings. The van der Waals surface area contributed by atoms with Crippen LogP contribution in [-0.4, -0.2) is 33.4 Å². The molecule has 0 radical (unpaired) electrons. The molecule has 0 unspecified atom stereocenters. The highest BCUT2D eigenvalue weighted by Crippen LogP contribution is 2.03. The van der Waals surface area contributed by atoms with Gasteiger partial charge in [0.15, 0.2) is 0 Å². The number of aliphatic hydroxyl groups is 1. The molecule has 106 valence electrons. The Bertz CT molecular complexity index is 511. The number of hydrogen-bond donors (Lipinski definition) is 2. The average Bonchev–Trinajstić information content (AvgIpc) is 2.99. The van der Waals surface area contributed by atoms with E-state index in [1.165, 1.54) is 0 Å². The molecule has 1 aromatic heterocycles. The van der Waals surface area contributed by atoms with Gasteiger partial charge in [0.1, 0.15) is 0 Å². The molecular weight excluding hydrogens is 254 g/mol.